The minimum Gasteiger partial charge on any atom is -0.396 e. The smallest absolute Gasteiger partial charge is 0.319 e. The number of rotatable bonds is 6. The zero-order chi connectivity index (χ0) is 16.9. The molecule has 3 N–H and O–H groups in total. The molecule has 0 bridgehead atoms. The fraction of sp³-hybridized carbons (Fsp3) is 0.312. The van der Waals surface area contributed by atoms with E-state index >= 15 is 0 Å². The standard InChI is InChI=1S/C16H19N5O2S/c1-21-19-14-4-2-3-13(15(14)20-21)18-16(23)17-8-12(9-22)7-11-5-6-24-10-11/h2-6,10,12,22H,7-9H2,1H3,(H2,17,18,23)/t12-/m0/s1. The number of aliphatic hydroxyl groups is 1. The van der Waals surface area contributed by atoms with Gasteiger partial charge in [0.05, 0.1) is 5.69 Å². The number of hydrogen-bond donors (Lipinski definition) is 3. The molecule has 1 aromatic carbocycles. The predicted molar refractivity (Wildman–Crippen MR) is 94.1 cm³/mol. The van der Waals surface area contributed by atoms with E-state index < -0.39 is 0 Å². The molecule has 0 radical (unpaired) electrons. The lowest BCUT2D eigenvalue weighted by atomic mass is 10.0. The Labute approximate surface area is 143 Å². The summed E-state index contributed by atoms with van der Waals surface area (Å²) in [7, 11) is 1.74. The maximum Gasteiger partial charge on any atom is 0.319 e. The summed E-state index contributed by atoms with van der Waals surface area (Å²) in [6.45, 7) is 0.421. The number of carbonyl (C=O) groups is 1. The fourth-order valence-electron chi connectivity index (χ4n) is 2.49. The first-order chi connectivity index (χ1) is 11.7. The number of fused-ring (bicyclic) bond motifs is 1. The van der Waals surface area contributed by atoms with Gasteiger partial charge in [-0.25, -0.2) is 4.79 Å². The molecule has 0 saturated carbocycles. The molecule has 0 aliphatic heterocycles. The van der Waals surface area contributed by atoms with Crippen molar-refractivity contribution in [2.45, 2.75) is 6.42 Å². The van der Waals surface area contributed by atoms with Crippen LogP contribution in [-0.4, -0.2) is 39.3 Å². The van der Waals surface area contributed by atoms with Crippen LogP contribution in [0.3, 0.4) is 0 Å². The summed E-state index contributed by atoms with van der Waals surface area (Å²) in [5.41, 5.74) is 3.15. The molecule has 8 heteroatoms. The lowest BCUT2D eigenvalue weighted by Crippen LogP contribution is -2.35. The summed E-state index contributed by atoms with van der Waals surface area (Å²) in [6, 6.07) is 7.15. The summed E-state index contributed by atoms with van der Waals surface area (Å²) in [5, 5.41) is 27.6. The summed E-state index contributed by atoms with van der Waals surface area (Å²) in [4.78, 5) is 13.6. The number of carbonyl (C=O) groups excluding carboxylic acids is 1. The van der Waals surface area contributed by atoms with Crippen LogP contribution >= 0.6 is 11.3 Å². The van der Waals surface area contributed by atoms with Crippen molar-refractivity contribution in [1.82, 2.24) is 20.3 Å². The Morgan fingerprint density at radius 2 is 2.25 bits per heavy atom. The highest BCUT2D eigenvalue weighted by Gasteiger charge is 2.13. The molecule has 2 heterocycles. The van der Waals surface area contributed by atoms with Gasteiger partial charge in [-0.3, -0.25) is 0 Å². The lowest BCUT2D eigenvalue weighted by molar-refractivity contribution is 0.218. The van der Waals surface area contributed by atoms with Gasteiger partial charge in [0.15, 0.2) is 0 Å². The van der Waals surface area contributed by atoms with Gasteiger partial charge in [0.1, 0.15) is 11.0 Å². The van der Waals surface area contributed by atoms with Crippen molar-refractivity contribution in [2.75, 3.05) is 18.5 Å². The third kappa shape index (κ3) is 3.90. The van der Waals surface area contributed by atoms with Crippen LogP contribution in [0, 0.1) is 5.92 Å². The molecular formula is C16H19N5O2S. The monoisotopic (exact) mass is 345 g/mol. The molecule has 2 amide bonds. The van der Waals surface area contributed by atoms with Crippen molar-refractivity contribution < 1.29 is 9.90 Å². The molecule has 0 spiro atoms. The van der Waals surface area contributed by atoms with Crippen LogP contribution in [0.5, 0.6) is 0 Å². The summed E-state index contributed by atoms with van der Waals surface area (Å²) in [6.07, 6.45) is 0.736. The van der Waals surface area contributed by atoms with Crippen LogP contribution < -0.4 is 10.6 Å². The van der Waals surface area contributed by atoms with Crippen molar-refractivity contribution in [3.63, 3.8) is 0 Å². The third-order valence-corrected chi connectivity index (χ3v) is 4.41. The number of hydrogen-bond acceptors (Lipinski definition) is 5. The number of amides is 2. The molecule has 3 aromatic rings. The maximum atomic E-state index is 12.1. The molecule has 3 rings (SSSR count). The van der Waals surface area contributed by atoms with E-state index in [1.807, 2.05) is 23.6 Å². The molecule has 0 fully saturated rings. The largest absolute Gasteiger partial charge is 0.396 e. The van der Waals surface area contributed by atoms with E-state index in [9.17, 15) is 9.90 Å². The first-order valence-corrected chi connectivity index (χ1v) is 8.57. The second kappa shape index (κ2) is 7.41. The van der Waals surface area contributed by atoms with Crippen LogP contribution in [-0.2, 0) is 13.5 Å². The molecule has 24 heavy (non-hydrogen) atoms. The number of benzene rings is 1. The highest BCUT2D eigenvalue weighted by atomic mass is 32.1. The first kappa shape index (κ1) is 16.4. The van der Waals surface area contributed by atoms with Gasteiger partial charge in [-0.05, 0) is 40.9 Å². The average Bonchev–Trinajstić information content (AvgIpc) is 3.20. The molecule has 0 unspecified atom stereocenters. The summed E-state index contributed by atoms with van der Waals surface area (Å²) in [5.74, 6) is -0.0161. The van der Waals surface area contributed by atoms with Crippen molar-refractivity contribution in [3.05, 3.63) is 40.6 Å². The van der Waals surface area contributed by atoms with E-state index in [-0.39, 0.29) is 18.6 Å². The number of urea groups is 1. The Kier molecular flexibility index (Phi) is 5.07. The van der Waals surface area contributed by atoms with Crippen molar-refractivity contribution in [1.29, 1.82) is 0 Å². The van der Waals surface area contributed by atoms with Crippen molar-refractivity contribution >= 4 is 34.1 Å². The fourth-order valence-corrected chi connectivity index (χ4v) is 3.17. The van der Waals surface area contributed by atoms with Gasteiger partial charge in [-0.2, -0.15) is 26.3 Å². The van der Waals surface area contributed by atoms with Crippen LogP contribution in [0.25, 0.3) is 11.0 Å². The highest BCUT2D eigenvalue weighted by molar-refractivity contribution is 7.07. The number of aryl methyl sites for hydroxylation is 1. The Morgan fingerprint density at radius 3 is 3.00 bits per heavy atom. The van der Waals surface area contributed by atoms with Gasteiger partial charge >= 0.3 is 6.03 Å². The number of thiophene rings is 1. The van der Waals surface area contributed by atoms with Crippen LogP contribution in [0.15, 0.2) is 35.0 Å². The Balaban J connectivity index is 1.58. The molecular weight excluding hydrogens is 326 g/mol. The van der Waals surface area contributed by atoms with Gasteiger partial charge in [0.2, 0.25) is 0 Å². The summed E-state index contributed by atoms with van der Waals surface area (Å²) >= 11 is 1.63. The molecule has 1 atom stereocenters. The van der Waals surface area contributed by atoms with E-state index in [1.165, 1.54) is 10.4 Å². The highest BCUT2D eigenvalue weighted by Crippen LogP contribution is 2.19. The van der Waals surface area contributed by atoms with Gasteiger partial charge in [-0.15, -0.1) is 0 Å². The number of anilines is 1. The third-order valence-electron chi connectivity index (χ3n) is 3.67. The molecule has 126 valence electrons. The Hall–Kier alpha value is -2.45. The van der Waals surface area contributed by atoms with Crippen LogP contribution in [0.2, 0.25) is 0 Å². The quantitative estimate of drug-likeness (QED) is 0.637. The molecule has 7 nitrogen and oxygen atoms in total. The SMILES string of the molecule is Cn1nc2cccc(NC(=O)NC[C@@H](CO)Cc3ccsc3)c2n1. The minimum absolute atomic E-state index is 0.0161. The Bertz CT molecular complexity index is 815. The van der Waals surface area contributed by atoms with Crippen molar-refractivity contribution in [2.24, 2.45) is 13.0 Å². The molecule has 0 saturated heterocycles. The van der Waals surface area contributed by atoms with Crippen LogP contribution in [0.1, 0.15) is 5.56 Å². The Morgan fingerprint density at radius 1 is 1.38 bits per heavy atom. The number of aromatic nitrogens is 3. The molecule has 0 aliphatic carbocycles. The first-order valence-electron chi connectivity index (χ1n) is 7.62. The second-order valence-electron chi connectivity index (χ2n) is 5.58. The van der Waals surface area contributed by atoms with Crippen molar-refractivity contribution in [3.8, 4) is 0 Å². The zero-order valence-corrected chi connectivity index (χ0v) is 14.1. The number of aliphatic hydroxyl groups excluding tert-OH is 1. The van der Waals surface area contributed by atoms with E-state index in [0.29, 0.717) is 17.7 Å². The number of nitrogens with zero attached hydrogens (tertiary/aromatic N) is 3. The predicted octanol–water partition coefficient (Wildman–Crippen LogP) is 2.00. The topological polar surface area (TPSA) is 92.1 Å². The van der Waals surface area contributed by atoms with Gasteiger partial charge in [0, 0.05) is 26.1 Å². The van der Waals surface area contributed by atoms with E-state index in [1.54, 1.807) is 24.5 Å². The second-order valence-corrected chi connectivity index (χ2v) is 6.36. The van der Waals surface area contributed by atoms with E-state index in [0.717, 1.165) is 11.9 Å². The minimum atomic E-state index is -0.322. The lowest BCUT2D eigenvalue weighted by Gasteiger charge is -2.15. The van der Waals surface area contributed by atoms with Gasteiger partial charge in [-0.1, -0.05) is 6.07 Å². The van der Waals surface area contributed by atoms with E-state index in [2.05, 4.69) is 26.2 Å². The zero-order valence-electron chi connectivity index (χ0n) is 13.3. The molecule has 0 aliphatic rings. The average molecular weight is 345 g/mol. The van der Waals surface area contributed by atoms with Gasteiger partial charge in [0.25, 0.3) is 0 Å². The summed E-state index contributed by atoms with van der Waals surface area (Å²) < 4.78 is 0. The van der Waals surface area contributed by atoms with Crippen LogP contribution in [0.4, 0.5) is 10.5 Å². The maximum absolute atomic E-state index is 12.1. The number of nitrogens with one attached hydrogen (secondary N) is 2. The molecule has 2 aromatic heterocycles. The van der Waals surface area contributed by atoms with Gasteiger partial charge < -0.3 is 15.7 Å². The van der Waals surface area contributed by atoms with E-state index in [4.69, 9.17) is 0 Å². The normalized spacial score (nSPS) is 12.2.